The maximum atomic E-state index is 5.14. The van der Waals surface area contributed by atoms with Crippen LogP contribution in [-0.4, -0.2) is 37.7 Å². The van der Waals surface area contributed by atoms with E-state index >= 15 is 0 Å². The van der Waals surface area contributed by atoms with E-state index in [-0.39, 0.29) is 0 Å². The Morgan fingerprint density at radius 2 is 2.10 bits per heavy atom. The molecular formula is C8H15NO. The van der Waals surface area contributed by atoms with E-state index in [1.165, 1.54) is 19.4 Å². The summed E-state index contributed by atoms with van der Waals surface area (Å²) in [5, 5.41) is 0. The van der Waals surface area contributed by atoms with Crippen molar-refractivity contribution in [3.63, 3.8) is 0 Å². The van der Waals surface area contributed by atoms with Crippen LogP contribution in [0.3, 0.4) is 0 Å². The van der Waals surface area contributed by atoms with E-state index in [1.54, 1.807) is 0 Å². The number of nitrogens with zero attached hydrogens (tertiary/aromatic N) is 1. The van der Waals surface area contributed by atoms with E-state index in [9.17, 15) is 0 Å². The number of likely N-dealkylation sites (N-methyl/N-ethyl adjacent to an activating group) is 1. The lowest BCUT2D eigenvalue weighted by molar-refractivity contribution is 0.276. The molecule has 2 nitrogen and oxygen atoms in total. The van der Waals surface area contributed by atoms with Crippen LogP contribution in [0.1, 0.15) is 12.8 Å². The molecule has 0 amide bonds. The van der Waals surface area contributed by atoms with Crippen LogP contribution < -0.4 is 0 Å². The molecule has 1 aliphatic carbocycles. The minimum absolute atomic E-state index is 0.573. The fourth-order valence-electron chi connectivity index (χ4n) is 1.34. The average molecular weight is 141 g/mol. The first-order chi connectivity index (χ1) is 4.84. The van der Waals surface area contributed by atoms with Crippen LogP contribution in [0, 0.1) is 5.92 Å². The monoisotopic (exact) mass is 141 g/mol. The number of ether oxygens (including phenoxy) is 1. The molecule has 1 heterocycles. The summed E-state index contributed by atoms with van der Waals surface area (Å²) in [5.74, 6) is 1.02. The molecule has 2 rings (SSSR count). The van der Waals surface area contributed by atoms with Crippen LogP contribution in [0.25, 0.3) is 0 Å². The molecule has 1 aliphatic heterocycles. The highest BCUT2D eigenvalue weighted by Crippen LogP contribution is 2.29. The van der Waals surface area contributed by atoms with Crippen molar-refractivity contribution in [2.45, 2.75) is 18.9 Å². The van der Waals surface area contributed by atoms with Crippen molar-refractivity contribution in [1.29, 1.82) is 0 Å². The van der Waals surface area contributed by atoms with Gasteiger partial charge in [-0.25, -0.2) is 0 Å². The highest BCUT2D eigenvalue weighted by Gasteiger charge is 2.27. The first-order valence-corrected chi connectivity index (χ1v) is 4.15. The second kappa shape index (κ2) is 2.51. The number of hydrogen-bond donors (Lipinski definition) is 0. The van der Waals surface area contributed by atoms with E-state index < -0.39 is 0 Å². The molecule has 1 saturated heterocycles. The van der Waals surface area contributed by atoms with Crippen LogP contribution in [-0.2, 0) is 4.74 Å². The lowest BCUT2D eigenvalue weighted by Crippen LogP contribution is -2.25. The quantitative estimate of drug-likeness (QED) is 0.536. The van der Waals surface area contributed by atoms with Gasteiger partial charge in [0.05, 0.1) is 12.7 Å². The van der Waals surface area contributed by atoms with Gasteiger partial charge >= 0.3 is 0 Å². The van der Waals surface area contributed by atoms with Crippen LogP contribution in [0.2, 0.25) is 0 Å². The minimum Gasteiger partial charge on any atom is -0.372 e. The standard InChI is InChI=1S/C8H15NO/c1-9(4-7-2-3-7)5-8-6-10-8/h7-8H,2-6H2,1H3. The maximum Gasteiger partial charge on any atom is 0.0936 e. The van der Waals surface area contributed by atoms with Crippen molar-refractivity contribution in [1.82, 2.24) is 4.90 Å². The van der Waals surface area contributed by atoms with Crippen LogP contribution in [0.4, 0.5) is 0 Å². The van der Waals surface area contributed by atoms with Gasteiger partial charge in [0.2, 0.25) is 0 Å². The van der Waals surface area contributed by atoms with Gasteiger partial charge in [-0.3, -0.25) is 0 Å². The molecule has 0 N–H and O–H groups in total. The second-order valence-corrected chi connectivity index (χ2v) is 3.62. The Bertz CT molecular complexity index is 104. The van der Waals surface area contributed by atoms with Gasteiger partial charge in [-0.05, 0) is 25.8 Å². The van der Waals surface area contributed by atoms with Crippen molar-refractivity contribution in [2.24, 2.45) is 5.92 Å². The molecule has 1 unspecified atom stereocenters. The minimum atomic E-state index is 0.573. The molecule has 2 heteroatoms. The molecule has 10 heavy (non-hydrogen) atoms. The summed E-state index contributed by atoms with van der Waals surface area (Å²) >= 11 is 0. The zero-order valence-electron chi connectivity index (χ0n) is 6.55. The zero-order chi connectivity index (χ0) is 6.97. The first-order valence-electron chi connectivity index (χ1n) is 4.15. The van der Waals surface area contributed by atoms with Crippen molar-refractivity contribution in [3.8, 4) is 0 Å². The molecule has 0 spiro atoms. The highest BCUT2D eigenvalue weighted by atomic mass is 16.6. The predicted molar refractivity (Wildman–Crippen MR) is 40.0 cm³/mol. The van der Waals surface area contributed by atoms with Gasteiger partial charge in [-0.2, -0.15) is 0 Å². The van der Waals surface area contributed by atoms with Crippen molar-refractivity contribution in [3.05, 3.63) is 0 Å². The summed E-state index contributed by atoms with van der Waals surface area (Å²) in [6, 6.07) is 0. The Morgan fingerprint density at radius 3 is 2.60 bits per heavy atom. The fourth-order valence-corrected chi connectivity index (χ4v) is 1.34. The molecule has 0 aromatic carbocycles. The topological polar surface area (TPSA) is 15.8 Å². The van der Waals surface area contributed by atoms with E-state index in [0.717, 1.165) is 19.1 Å². The first kappa shape index (κ1) is 6.62. The van der Waals surface area contributed by atoms with Gasteiger partial charge in [0.1, 0.15) is 0 Å². The van der Waals surface area contributed by atoms with E-state index in [1.807, 2.05) is 0 Å². The molecule has 0 bridgehead atoms. The van der Waals surface area contributed by atoms with Crippen molar-refractivity contribution < 1.29 is 4.74 Å². The Hall–Kier alpha value is -0.0800. The maximum absolute atomic E-state index is 5.14. The lowest BCUT2D eigenvalue weighted by Gasteiger charge is -2.13. The second-order valence-electron chi connectivity index (χ2n) is 3.62. The molecule has 1 saturated carbocycles. The molecule has 0 aromatic heterocycles. The zero-order valence-corrected chi connectivity index (χ0v) is 6.55. The van der Waals surface area contributed by atoms with Gasteiger partial charge in [-0.15, -0.1) is 0 Å². The molecule has 2 fully saturated rings. The van der Waals surface area contributed by atoms with E-state index in [4.69, 9.17) is 4.74 Å². The Morgan fingerprint density at radius 1 is 1.40 bits per heavy atom. The van der Waals surface area contributed by atoms with Crippen LogP contribution in [0.5, 0.6) is 0 Å². The lowest BCUT2D eigenvalue weighted by atomic mass is 10.3. The molecule has 0 aromatic rings. The smallest absolute Gasteiger partial charge is 0.0936 e. The van der Waals surface area contributed by atoms with Crippen molar-refractivity contribution >= 4 is 0 Å². The van der Waals surface area contributed by atoms with Crippen LogP contribution in [0.15, 0.2) is 0 Å². The van der Waals surface area contributed by atoms with Gasteiger partial charge < -0.3 is 9.64 Å². The number of rotatable bonds is 4. The van der Waals surface area contributed by atoms with Gasteiger partial charge in [0, 0.05) is 13.1 Å². The summed E-state index contributed by atoms with van der Waals surface area (Å²) < 4.78 is 5.14. The largest absolute Gasteiger partial charge is 0.372 e. The Labute approximate surface area is 62.2 Å². The Kier molecular flexibility index (Phi) is 1.66. The van der Waals surface area contributed by atoms with E-state index in [2.05, 4.69) is 11.9 Å². The highest BCUT2D eigenvalue weighted by molar-refractivity contribution is 4.79. The third-order valence-electron chi connectivity index (χ3n) is 2.18. The molecule has 1 atom stereocenters. The summed E-state index contributed by atoms with van der Waals surface area (Å²) in [7, 11) is 2.19. The molecule has 0 radical (unpaired) electrons. The van der Waals surface area contributed by atoms with Gasteiger partial charge in [0.15, 0.2) is 0 Å². The van der Waals surface area contributed by atoms with Crippen LogP contribution >= 0.6 is 0 Å². The SMILES string of the molecule is CN(CC1CC1)CC1CO1. The molecule has 58 valence electrons. The third-order valence-corrected chi connectivity index (χ3v) is 2.18. The fraction of sp³-hybridized carbons (Fsp3) is 1.00. The van der Waals surface area contributed by atoms with Gasteiger partial charge in [-0.1, -0.05) is 0 Å². The Balaban J connectivity index is 1.60. The number of epoxide rings is 1. The molecule has 2 aliphatic rings. The summed E-state index contributed by atoms with van der Waals surface area (Å²) in [4.78, 5) is 2.40. The summed E-state index contributed by atoms with van der Waals surface area (Å²) in [6.07, 6.45) is 3.48. The third kappa shape index (κ3) is 1.96. The summed E-state index contributed by atoms with van der Waals surface area (Å²) in [6.45, 7) is 3.44. The predicted octanol–water partition coefficient (Wildman–Crippen LogP) is 0.727. The number of hydrogen-bond acceptors (Lipinski definition) is 2. The normalized spacial score (nSPS) is 31.2. The van der Waals surface area contributed by atoms with E-state index in [0.29, 0.717) is 6.10 Å². The van der Waals surface area contributed by atoms with Crippen molar-refractivity contribution in [2.75, 3.05) is 26.7 Å². The van der Waals surface area contributed by atoms with Gasteiger partial charge in [0.25, 0.3) is 0 Å². The summed E-state index contributed by atoms with van der Waals surface area (Å²) in [5.41, 5.74) is 0. The average Bonchev–Trinajstić information content (AvgIpc) is 2.59. The molecular weight excluding hydrogens is 126 g/mol.